The number of aliphatic carboxylic acids is 1. The van der Waals surface area contributed by atoms with Gasteiger partial charge in [0.05, 0.1) is 6.20 Å². The first-order valence-corrected chi connectivity index (χ1v) is 13.9. The van der Waals surface area contributed by atoms with Gasteiger partial charge in [-0.15, -0.1) is 28.2 Å². The van der Waals surface area contributed by atoms with E-state index in [0.29, 0.717) is 5.57 Å². The quantitative estimate of drug-likeness (QED) is 0.0886. The Morgan fingerprint density at radius 3 is 2.73 bits per heavy atom. The highest BCUT2D eigenvalue weighted by atomic mass is 32.2. The highest BCUT2D eigenvalue weighted by Crippen LogP contribution is 2.41. The Kier molecular flexibility index (Phi) is 7.21. The van der Waals surface area contributed by atoms with E-state index in [9.17, 15) is 29.4 Å². The fraction of sp³-hybridized carbons (Fsp3) is 0.250. The minimum Gasteiger partial charge on any atom is -0.493 e. The molecule has 2 aliphatic heterocycles. The molecule has 0 aromatic carbocycles. The maximum atomic E-state index is 13.0. The predicted octanol–water partition coefficient (Wildman–Crippen LogP) is -0.552. The predicted molar refractivity (Wildman–Crippen MR) is 140 cm³/mol. The number of oxime groups is 1. The Bertz CT molecular complexity index is 1630. The zero-order valence-electron chi connectivity index (χ0n) is 20.0. The van der Waals surface area contributed by atoms with Crippen LogP contribution in [0.25, 0.3) is 5.78 Å². The first-order valence-electron chi connectivity index (χ1n) is 10.9. The number of aromatic nitrogens is 5. The van der Waals surface area contributed by atoms with Crippen molar-refractivity contribution in [3.8, 4) is 5.88 Å². The van der Waals surface area contributed by atoms with Crippen molar-refractivity contribution in [3.63, 3.8) is 0 Å². The van der Waals surface area contributed by atoms with Crippen LogP contribution in [-0.2, 0) is 19.2 Å². The molecule has 1 saturated heterocycles. The zero-order chi connectivity index (χ0) is 28.7. The van der Waals surface area contributed by atoms with E-state index in [0.717, 1.165) is 38.7 Å². The van der Waals surface area contributed by atoms with E-state index in [2.05, 4.69) is 30.5 Å². The molecule has 0 unspecified atom stereocenters. The summed E-state index contributed by atoms with van der Waals surface area (Å²) in [5.74, 6) is -4.51. The van der Waals surface area contributed by atoms with Crippen LogP contribution in [0.1, 0.15) is 16.1 Å². The van der Waals surface area contributed by atoms with Gasteiger partial charge in [0.25, 0.3) is 17.6 Å². The number of nitrogens with two attached hydrogens (primary N) is 1. The molecule has 3 aromatic heterocycles. The van der Waals surface area contributed by atoms with Crippen molar-refractivity contribution >= 4 is 75.2 Å². The third-order valence-electron chi connectivity index (χ3n) is 5.63. The van der Waals surface area contributed by atoms with Crippen molar-refractivity contribution < 1.29 is 39.3 Å². The largest absolute Gasteiger partial charge is 0.493 e. The highest BCUT2D eigenvalue weighted by molar-refractivity contribution is 8.01. The Hall–Kier alpha value is -4.43. The van der Waals surface area contributed by atoms with E-state index < -0.39 is 46.6 Å². The molecule has 2 atom stereocenters. The fourth-order valence-electron chi connectivity index (χ4n) is 3.87. The molecule has 208 valence electrons. The number of carboxylic acids is 2. The van der Waals surface area contributed by atoms with Crippen molar-refractivity contribution in [3.05, 3.63) is 34.1 Å². The number of amides is 2. The lowest BCUT2D eigenvalue weighted by Crippen LogP contribution is -2.71. The zero-order valence-corrected chi connectivity index (χ0v) is 22.5. The summed E-state index contributed by atoms with van der Waals surface area (Å²) >= 11 is 3.36. The van der Waals surface area contributed by atoms with Crippen LogP contribution in [0.3, 0.4) is 0 Å². The number of rotatable bonds is 9. The van der Waals surface area contributed by atoms with Gasteiger partial charge in [-0.05, 0) is 5.57 Å². The second-order valence-corrected chi connectivity index (χ2v) is 10.9. The monoisotopic (exact) mass is 607 g/mol. The third-order valence-corrected chi connectivity index (χ3v) is 8.56. The number of hydrogen-bond acceptors (Lipinski definition) is 15. The number of carboxylic acid groups (broad SMARTS) is 2. The minimum absolute atomic E-state index is 0.0521. The van der Waals surface area contributed by atoms with Gasteiger partial charge in [0.2, 0.25) is 11.0 Å². The van der Waals surface area contributed by atoms with E-state index >= 15 is 0 Å². The summed E-state index contributed by atoms with van der Waals surface area (Å²) in [6.07, 6.45) is 0.945. The average molecular weight is 608 g/mol. The topological polar surface area (TPSA) is 248 Å². The minimum atomic E-state index is -1.40. The third kappa shape index (κ3) is 4.75. The molecule has 17 nitrogen and oxygen atoms in total. The van der Waals surface area contributed by atoms with Crippen molar-refractivity contribution in [2.24, 2.45) is 5.16 Å². The lowest BCUT2D eigenvalue weighted by Gasteiger charge is -2.49. The molecular weight excluding hydrogens is 590 g/mol. The first-order chi connectivity index (χ1) is 19.1. The van der Waals surface area contributed by atoms with Crippen molar-refractivity contribution in [1.82, 2.24) is 34.8 Å². The molecular formula is C20H17N9O8S3. The van der Waals surface area contributed by atoms with Crippen LogP contribution in [0.4, 0.5) is 5.13 Å². The van der Waals surface area contributed by atoms with Gasteiger partial charge >= 0.3 is 11.9 Å². The number of β-lactam (4-membered cyclic amide) rings is 1. The van der Waals surface area contributed by atoms with Crippen molar-refractivity contribution in [2.75, 3.05) is 24.3 Å². The van der Waals surface area contributed by atoms with Crippen molar-refractivity contribution in [2.45, 2.75) is 16.6 Å². The smallest absolute Gasteiger partial charge is 0.352 e. The SMILES string of the molecule is CO/N=C(\C(=O)N[C@@H]1C(=O)N2C(C(=O)O)=C(CSc3nc4ncc(C(=O)O)c(O)n4n3)CS[C@H]12)c1csc(N)n1. The van der Waals surface area contributed by atoms with Crippen LogP contribution in [-0.4, -0.2) is 104 Å². The molecule has 2 amide bonds. The molecule has 6 N–H and O–H groups in total. The van der Waals surface area contributed by atoms with E-state index in [1.54, 1.807) is 0 Å². The summed E-state index contributed by atoms with van der Waals surface area (Å²) < 4.78 is 0.858. The molecule has 5 heterocycles. The summed E-state index contributed by atoms with van der Waals surface area (Å²) in [6, 6.07) is -1.02. The standard InChI is InChI=1S/C20H17N9O8S3/c1-37-27-9(8-5-39-18(21)23-8)12(30)24-10-14(32)28-11(17(35)36)6(3-38-15(10)28)4-40-20-25-19-22-2-7(16(33)34)13(31)29(19)26-20/h2,5,10,15,31H,3-4H2,1H3,(H2,21,23)(H,24,30)(H,33,34)(H,35,36)/b27-9-/t10-,15-/m1/s1. The second-order valence-electron chi connectivity index (χ2n) is 8.01. The number of nitrogens with one attached hydrogen (secondary N) is 1. The molecule has 0 aliphatic carbocycles. The number of carbonyl (C=O) groups is 4. The average Bonchev–Trinajstić information content (AvgIpc) is 3.54. The number of nitrogens with zero attached hydrogens (tertiary/aromatic N) is 7. The first kappa shape index (κ1) is 27.1. The Morgan fingerprint density at radius 1 is 1.30 bits per heavy atom. The maximum Gasteiger partial charge on any atom is 0.352 e. The van der Waals surface area contributed by atoms with Crippen LogP contribution in [0.5, 0.6) is 5.88 Å². The second kappa shape index (κ2) is 10.6. The number of fused-ring (bicyclic) bond motifs is 2. The highest BCUT2D eigenvalue weighted by Gasteiger charge is 2.54. The number of thioether (sulfide) groups is 2. The number of aromatic hydroxyl groups is 1. The van der Waals surface area contributed by atoms with Gasteiger partial charge in [0.15, 0.2) is 10.8 Å². The molecule has 0 bridgehead atoms. The van der Waals surface area contributed by atoms with E-state index in [1.807, 2.05) is 0 Å². The Labute approximate surface area is 235 Å². The number of hydrogen-bond donors (Lipinski definition) is 5. The summed E-state index contributed by atoms with van der Waals surface area (Å²) in [5, 5.41) is 40.6. The van der Waals surface area contributed by atoms with Crippen LogP contribution < -0.4 is 11.1 Å². The van der Waals surface area contributed by atoms with Crippen LogP contribution in [0.2, 0.25) is 0 Å². The summed E-state index contributed by atoms with van der Waals surface area (Å²) in [7, 11) is 1.24. The van der Waals surface area contributed by atoms with E-state index in [4.69, 9.17) is 15.7 Å². The number of nitrogen functional groups attached to an aromatic ring is 1. The van der Waals surface area contributed by atoms with Crippen molar-refractivity contribution in [1.29, 1.82) is 0 Å². The van der Waals surface area contributed by atoms with Gasteiger partial charge in [-0.1, -0.05) is 16.9 Å². The van der Waals surface area contributed by atoms with Crippen LogP contribution in [0, 0.1) is 0 Å². The molecule has 1 fully saturated rings. The molecule has 40 heavy (non-hydrogen) atoms. The van der Waals surface area contributed by atoms with Gasteiger partial charge in [0, 0.05) is 16.9 Å². The normalized spacial score (nSPS) is 18.9. The summed E-state index contributed by atoms with van der Waals surface area (Å²) in [6.45, 7) is 0. The number of anilines is 1. The summed E-state index contributed by atoms with van der Waals surface area (Å²) in [4.78, 5) is 67.0. The lowest BCUT2D eigenvalue weighted by molar-refractivity contribution is -0.150. The van der Waals surface area contributed by atoms with Gasteiger partial charge < -0.3 is 31.2 Å². The lowest BCUT2D eigenvalue weighted by atomic mass is 10.0. The molecule has 0 spiro atoms. The number of thiazole rings is 1. The molecule has 0 saturated carbocycles. The fourth-order valence-corrected chi connectivity index (χ4v) is 6.72. The van der Waals surface area contributed by atoms with Gasteiger partial charge in [-0.3, -0.25) is 14.5 Å². The summed E-state index contributed by atoms with van der Waals surface area (Å²) in [5.41, 5.74) is 5.32. The molecule has 0 radical (unpaired) electrons. The Morgan fingerprint density at radius 2 is 2.08 bits per heavy atom. The number of carbonyl (C=O) groups excluding carboxylic acids is 2. The molecule has 3 aromatic rings. The Balaban J connectivity index is 1.32. The molecule has 2 aliphatic rings. The van der Waals surface area contributed by atoms with Crippen LogP contribution in [0.15, 0.2) is 33.2 Å². The molecule has 5 rings (SSSR count). The van der Waals surface area contributed by atoms with Gasteiger partial charge in [-0.25, -0.2) is 19.6 Å². The number of aromatic carboxylic acids is 1. The van der Waals surface area contributed by atoms with E-state index in [-0.39, 0.29) is 44.7 Å². The van der Waals surface area contributed by atoms with Crippen LogP contribution >= 0.6 is 34.9 Å². The van der Waals surface area contributed by atoms with Gasteiger partial charge in [-0.2, -0.15) is 9.50 Å². The van der Waals surface area contributed by atoms with Gasteiger partial charge in [0.1, 0.15) is 35.5 Å². The van der Waals surface area contributed by atoms with E-state index in [1.165, 1.54) is 24.3 Å². The molecule has 20 heteroatoms. The maximum absolute atomic E-state index is 13.0.